The van der Waals surface area contributed by atoms with Crippen molar-refractivity contribution in [3.8, 4) is 0 Å². The smallest absolute Gasteiger partial charge is 0.142 e. The molecule has 74 valence electrons. The van der Waals surface area contributed by atoms with Gasteiger partial charge in [0.1, 0.15) is 11.7 Å². The third-order valence-corrected chi connectivity index (χ3v) is 2.41. The molecule has 0 aliphatic carbocycles. The van der Waals surface area contributed by atoms with Gasteiger partial charge in [-0.1, -0.05) is 11.6 Å². The van der Waals surface area contributed by atoms with Gasteiger partial charge < -0.3 is 5.32 Å². The summed E-state index contributed by atoms with van der Waals surface area (Å²) in [5.74, 6) is 0.335. The molecule has 1 aliphatic heterocycles. The van der Waals surface area contributed by atoms with E-state index in [2.05, 4.69) is 10.3 Å². The third-order valence-electron chi connectivity index (χ3n) is 2.10. The van der Waals surface area contributed by atoms with E-state index in [1.807, 2.05) is 6.92 Å². The molecule has 1 atom stereocenters. The molecule has 0 fully saturated rings. The molecule has 2 rings (SSSR count). The molecule has 1 heterocycles. The summed E-state index contributed by atoms with van der Waals surface area (Å²) >= 11 is 5.58. The summed E-state index contributed by atoms with van der Waals surface area (Å²) < 4.78 is 13.1. The summed E-state index contributed by atoms with van der Waals surface area (Å²) in [5.41, 5.74) is 0.747. The van der Waals surface area contributed by atoms with Crippen molar-refractivity contribution in [1.29, 1.82) is 0 Å². The van der Waals surface area contributed by atoms with Crippen LogP contribution in [0.1, 0.15) is 12.5 Å². The van der Waals surface area contributed by atoms with Crippen LogP contribution in [0.4, 0.5) is 4.39 Å². The second-order valence-corrected chi connectivity index (χ2v) is 3.77. The van der Waals surface area contributed by atoms with Gasteiger partial charge in [0, 0.05) is 11.6 Å². The molecule has 1 aliphatic rings. The van der Waals surface area contributed by atoms with Crippen LogP contribution >= 0.6 is 11.6 Å². The van der Waals surface area contributed by atoms with E-state index in [1.54, 1.807) is 12.1 Å². The van der Waals surface area contributed by atoms with Gasteiger partial charge in [0.2, 0.25) is 0 Å². The van der Waals surface area contributed by atoms with E-state index in [-0.39, 0.29) is 5.02 Å². The lowest BCUT2D eigenvalue weighted by atomic mass is 10.2. The van der Waals surface area contributed by atoms with Crippen molar-refractivity contribution in [3.05, 3.63) is 34.6 Å². The SMILES string of the molecule is CC1CN=C(c2ccc(Cl)c(F)c2)N1. The lowest BCUT2D eigenvalue weighted by Gasteiger charge is -2.06. The van der Waals surface area contributed by atoms with Crippen LogP contribution in [0, 0.1) is 5.82 Å². The quantitative estimate of drug-likeness (QED) is 0.759. The average Bonchev–Trinajstić information content (AvgIpc) is 2.57. The second-order valence-electron chi connectivity index (χ2n) is 3.36. The van der Waals surface area contributed by atoms with Crippen LogP contribution in [-0.2, 0) is 0 Å². The molecule has 0 radical (unpaired) electrons. The highest BCUT2D eigenvalue weighted by Crippen LogP contribution is 2.16. The maximum Gasteiger partial charge on any atom is 0.142 e. The van der Waals surface area contributed by atoms with Gasteiger partial charge in [0.25, 0.3) is 0 Å². The molecule has 4 heteroatoms. The fourth-order valence-electron chi connectivity index (χ4n) is 1.37. The van der Waals surface area contributed by atoms with Crippen molar-refractivity contribution < 1.29 is 4.39 Å². The minimum absolute atomic E-state index is 0.139. The van der Waals surface area contributed by atoms with E-state index in [9.17, 15) is 4.39 Å². The second kappa shape index (κ2) is 3.58. The van der Waals surface area contributed by atoms with E-state index in [4.69, 9.17) is 11.6 Å². The van der Waals surface area contributed by atoms with E-state index < -0.39 is 5.82 Å². The predicted molar refractivity (Wildman–Crippen MR) is 55.4 cm³/mol. The monoisotopic (exact) mass is 212 g/mol. The molecule has 14 heavy (non-hydrogen) atoms. The summed E-state index contributed by atoms with van der Waals surface area (Å²) in [4.78, 5) is 4.25. The molecule has 0 spiro atoms. The largest absolute Gasteiger partial charge is 0.366 e. The summed E-state index contributed by atoms with van der Waals surface area (Å²) in [7, 11) is 0. The summed E-state index contributed by atoms with van der Waals surface area (Å²) in [5, 5.41) is 3.30. The fraction of sp³-hybridized carbons (Fsp3) is 0.300. The Morgan fingerprint density at radius 3 is 2.93 bits per heavy atom. The van der Waals surface area contributed by atoms with E-state index in [0.29, 0.717) is 6.04 Å². The zero-order chi connectivity index (χ0) is 10.1. The highest BCUT2D eigenvalue weighted by Gasteiger charge is 2.14. The molecule has 1 unspecified atom stereocenters. The number of benzene rings is 1. The normalized spacial score (nSPS) is 20.5. The Balaban J connectivity index is 2.30. The molecule has 0 amide bonds. The average molecular weight is 213 g/mol. The van der Waals surface area contributed by atoms with Crippen LogP contribution in [0.3, 0.4) is 0 Å². The van der Waals surface area contributed by atoms with Crippen molar-refractivity contribution in [3.63, 3.8) is 0 Å². The topological polar surface area (TPSA) is 24.4 Å². The molecular formula is C10H10ClFN2. The van der Waals surface area contributed by atoms with Gasteiger partial charge >= 0.3 is 0 Å². The third kappa shape index (κ3) is 1.73. The molecule has 2 nitrogen and oxygen atoms in total. The Morgan fingerprint density at radius 1 is 1.57 bits per heavy atom. The number of amidine groups is 1. The molecular weight excluding hydrogens is 203 g/mol. The van der Waals surface area contributed by atoms with Crippen LogP contribution in [0.15, 0.2) is 23.2 Å². The van der Waals surface area contributed by atoms with Crippen LogP contribution in [0.25, 0.3) is 0 Å². The van der Waals surface area contributed by atoms with Crippen LogP contribution in [0.2, 0.25) is 5.02 Å². The standard InChI is InChI=1S/C10H10ClFN2/c1-6-5-13-10(14-6)7-2-3-8(11)9(12)4-7/h2-4,6H,5H2,1H3,(H,13,14). The Hall–Kier alpha value is -1.09. The first-order valence-electron chi connectivity index (χ1n) is 4.43. The number of nitrogens with zero attached hydrogens (tertiary/aromatic N) is 1. The highest BCUT2D eigenvalue weighted by atomic mass is 35.5. The summed E-state index contributed by atoms with van der Waals surface area (Å²) in [6.45, 7) is 2.77. The van der Waals surface area contributed by atoms with Crippen LogP contribution in [0.5, 0.6) is 0 Å². The first kappa shape index (κ1) is 9.46. The maximum atomic E-state index is 13.1. The Labute approximate surface area is 86.8 Å². The number of hydrogen-bond donors (Lipinski definition) is 1. The number of hydrogen-bond acceptors (Lipinski definition) is 2. The molecule has 1 aromatic rings. The maximum absolute atomic E-state index is 13.1. The Bertz CT molecular complexity index is 390. The summed E-state index contributed by atoms with van der Waals surface area (Å²) in [6, 6.07) is 5.02. The van der Waals surface area contributed by atoms with Crippen molar-refractivity contribution in [1.82, 2.24) is 5.32 Å². The number of aliphatic imine (C=N–C) groups is 1. The molecule has 1 N–H and O–H groups in total. The molecule has 0 saturated heterocycles. The summed E-state index contributed by atoms with van der Waals surface area (Å²) in [6.07, 6.45) is 0. The van der Waals surface area contributed by atoms with E-state index >= 15 is 0 Å². The van der Waals surface area contributed by atoms with Crippen molar-refractivity contribution in [2.45, 2.75) is 13.0 Å². The predicted octanol–water partition coefficient (Wildman–Crippen LogP) is 2.22. The number of rotatable bonds is 1. The van der Waals surface area contributed by atoms with Crippen LogP contribution < -0.4 is 5.32 Å². The number of nitrogens with one attached hydrogen (secondary N) is 1. The van der Waals surface area contributed by atoms with Gasteiger partial charge in [0.05, 0.1) is 11.6 Å². The molecule has 0 aromatic heterocycles. The highest BCUT2D eigenvalue weighted by molar-refractivity contribution is 6.30. The van der Waals surface area contributed by atoms with Crippen molar-refractivity contribution in [2.24, 2.45) is 4.99 Å². The van der Waals surface area contributed by atoms with E-state index in [0.717, 1.165) is 17.9 Å². The first-order chi connectivity index (χ1) is 6.66. The van der Waals surface area contributed by atoms with E-state index in [1.165, 1.54) is 6.07 Å². The van der Waals surface area contributed by atoms with Crippen molar-refractivity contribution in [2.75, 3.05) is 6.54 Å². The van der Waals surface area contributed by atoms with Gasteiger partial charge in [0.15, 0.2) is 0 Å². The van der Waals surface area contributed by atoms with Gasteiger partial charge in [-0.25, -0.2) is 4.39 Å². The molecule has 1 aromatic carbocycles. The minimum atomic E-state index is -0.409. The zero-order valence-corrected chi connectivity index (χ0v) is 8.48. The van der Waals surface area contributed by atoms with Gasteiger partial charge in [-0.15, -0.1) is 0 Å². The first-order valence-corrected chi connectivity index (χ1v) is 4.81. The lowest BCUT2D eigenvalue weighted by Crippen LogP contribution is -2.27. The molecule has 0 bridgehead atoms. The minimum Gasteiger partial charge on any atom is -0.366 e. The van der Waals surface area contributed by atoms with Gasteiger partial charge in [-0.3, -0.25) is 4.99 Å². The molecule has 0 saturated carbocycles. The Morgan fingerprint density at radius 2 is 2.36 bits per heavy atom. The number of halogens is 2. The van der Waals surface area contributed by atoms with Crippen LogP contribution in [-0.4, -0.2) is 18.4 Å². The van der Waals surface area contributed by atoms with Gasteiger partial charge in [-0.05, 0) is 25.1 Å². The Kier molecular flexibility index (Phi) is 2.42. The zero-order valence-electron chi connectivity index (χ0n) is 7.72. The van der Waals surface area contributed by atoms with Gasteiger partial charge in [-0.2, -0.15) is 0 Å². The van der Waals surface area contributed by atoms with Crippen molar-refractivity contribution >= 4 is 17.4 Å². The fourth-order valence-corrected chi connectivity index (χ4v) is 1.49. The lowest BCUT2D eigenvalue weighted by molar-refractivity contribution is 0.627.